The molecule has 0 radical (unpaired) electrons. The van der Waals surface area contributed by atoms with Crippen LogP contribution in [0.3, 0.4) is 0 Å². The topological polar surface area (TPSA) is 35.9 Å². The van der Waals surface area contributed by atoms with Crippen molar-refractivity contribution in [1.82, 2.24) is 4.90 Å². The molecule has 33 heavy (non-hydrogen) atoms. The van der Waals surface area contributed by atoms with Crippen LogP contribution in [0.5, 0.6) is 0 Å². The van der Waals surface area contributed by atoms with Crippen LogP contribution in [0, 0.1) is 11.8 Å². The quantitative estimate of drug-likeness (QED) is 0.491. The Morgan fingerprint density at radius 3 is 2.39 bits per heavy atom. The highest BCUT2D eigenvalue weighted by molar-refractivity contribution is 6.30. The number of rotatable bonds is 5. The van der Waals surface area contributed by atoms with Crippen LogP contribution in [0.1, 0.15) is 45.4 Å². The summed E-state index contributed by atoms with van der Waals surface area (Å²) in [5.74, 6) is 1.38. The molecule has 3 aliphatic rings. The summed E-state index contributed by atoms with van der Waals surface area (Å²) in [5, 5.41) is 0.645. The number of carbonyl (C=O) groups is 1. The van der Waals surface area contributed by atoms with Crippen LogP contribution < -0.4 is 4.90 Å². The van der Waals surface area contributed by atoms with Gasteiger partial charge in [0, 0.05) is 48.0 Å². The van der Waals surface area contributed by atoms with E-state index >= 15 is 0 Å². The van der Waals surface area contributed by atoms with Crippen LogP contribution in [-0.2, 0) is 4.79 Å². The second-order valence-corrected chi connectivity index (χ2v) is 9.64. The van der Waals surface area contributed by atoms with Crippen molar-refractivity contribution in [2.75, 3.05) is 24.5 Å². The zero-order valence-corrected chi connectivity index (χ0v) is 19.5. The van der Waals surface area contributed by atoms with E-state index in [2.05, 4.69) is 9.89 Å². The van der Waals surface area contributed by atoms with E-state index in [-0.39, 0.29) is 18.2 Å². The second-order valence-electron chi connectivity index (χ2n) is 9.20. The molecule has 4 nitrogen and oxygen atoms in total. The fourth-order valence-electron chi connectivity index (χ4n) is 4.47. The van der Waals surface area contributed by atoms with Crippen LogP contribution in [0.15, 0.2) is 52.3 Å². The maximum Gasteiger partial charge on any atom is 0.412 e. The Labute approximate surface area is 197 Å². The van der Waals surface area contributed by atoms with E-state index in [0.29, 0.717) is 43.3 Å². The Hall–Kier alpha value is -2.28. The van der Waals surface area contributed by atoms with Crippen LogP contribution in [0.2, 0.25) is 5.02 Å². The number of halogens is 4. The second kappa shape index (κ2) is 9.92. The van der Waals surface area contributed by atoms with Gasteiger partial charge in [0.2, 0.25) is 5.91 Å². The van der Waals surface area contributed by atoms with Crippen LogP contribution in [-0.4, -0.2) is 42.8 Å². The molecule has 0 spiro atoms. The maximum absolute atomic E-state index is 13.4. The Morgan fingerprint density at radius 2 is 1.79 bits per heavy atom. The molecule has 0 bridgehead atoms. The van der Waals surface area contributed by atoms with Gasteiger partial charge in [0.25, 0.3) is 0 Å². The number of benzene rings is 1. The van der Waals surface area contributed by atoms with E-state index in [1.807, 2.05) is 36.1 Å². The van der Waals surface area contributed by atoms with Gasteiger partial charge in [-0.15, -0.1) is 0 Å². The molecular formula is C25H29ClF3N3O. The van der Waals surface area contributed by atoms with Gasteiger partial charge in [-0.3, -0.25) is 4.79 Å². The molecule has 0 aromatic heterocycles. The lowest BCUT2D eigenvalue weighted by molar-refractivity contribution is -0.123. The summed E-state index contributed by atoms with van der Waals surface area (Å²) >= 11 is 6.03. The molecule has 1 aromatic carbocycles. The van der Waals surface area contributed by atoms with Gasteiger partial charge in [-0.25, -0.2) is 4.99 Å². The lowest BCUT2D eigenvalue weighted by Crippen LogP contribution is -2.43. The fourth-order valence-corrected chi connectivity index (χ4v) is 4.60. The lowest BCUT2D eigenvalue weighted by Gasteiger charge is -2.36. The molecule has 0 unspecified atom stereocenters. The smallest absolute Gasteiger partial charge is 0.357 e. The van der Waals surface area contributed by atoms with Crippen LogP contribution in [0.4, 0.5) is 18.9 Å². The standard InChI is InChI=1S/C25H29ClF3N3O/c1-17-2-5-20(25(27,28)29)10-13-30-23(17)31-14-11-19(12-15-31)24(33)32(16-18-3-4-18)22-8-6-21(26)7-9-22/h6-10,13,18-19H,2-5,11-12,14-16H2,1H3. The summed E-state index contributed by atoms with van der Waals surface area (Å²) in [6.45, 7) is 3.91. The number of aliphatic imine (C=N–C) groups is 1. The molecule has 1 aromatic rings. The Kier molecular flexibility index (Phi) is 7.17. The van der Waals surface area contributed by atoms with Crippen LogP contribution >= 0.6 is 11.6 Å². The van der Waals surface area contributed by atoms with Gasteiger partial charge < -0.3 is 9.80 Å². The van der Waals surface area contributed by atoms with Gasteiger partial charge in [-0.1, -0.05) is 11.6 Å². The monoisotopic (exact) mass is 479 g/mol. The van der Waals surface area contributed by atoms with Gasteiger partial charge in [0.1, 0.15) is 5.82 Å². The van der Waals surface area contributed by atoms with E-state index < -0.39 is 11.7 Å². The largest absolute Gasteiger partial charge is 0.412 e. The first-order valence-corrected chi connectivity index (χ1v) is 11.9. The first-order chi connectivity index (χ1) is 15.7. The minimum atomic E-state index is -4.32. The van der Waals surface area contributed by atoms with E-state index in [9.17, 15) is 18.0 Å². The molecule has 4 rings (SSSR count). The van der Waals surface area contributed by atoms with Gasteiger partial charge in [0.05, 0.1) is 0 Å². The summed E-state index contributed by atoms with van der Waals surface area (Å²) in [6.07, 6.45) is 2.00. The number of hydrogen-bond acceptors (Lipinski definition) is 3. The molecule has 2 fully saturated rings. The van der Waals surface area contributed by atoms with Crippen molar-refractivity contribution in [2.24, 2.45) is 16.8 Å². The zero-order valence-electron chi connectivity index (χ0n) is 18.7. The van der Waals surface area contributed by atoms with E-state index in [4.69, 9.17) is 11.6 Å². The number of anilines is 1. The third kappa shape index (κ3) is 5.99. The highest BCUT2D eigenvalue weighted by atomic mass is 35.5. The minimum absolute atomic E-state index is 0.0446. The summed E-state index contributed by atoms with van der Waals surface area (Å²) in [4.78, 5) is 21.8. The van der Waals surface area contributed by atoms with Crippen molar-refractivity contribution in [1.29, 1.82) is 0 Å². The van der Waals surface area contributed by atoms with Crippen molar-refractivity contribution >= 4 is 29.4 Å². The fraction of sp³-hybridized carbons (Fsp3) is 0.520. The predicted molar refractivity (Wildman–Crippen MR) is 125 cm³/mol. The SMILES string of the molecule is CC1=C(N2CCC(C(=O)N(CC3CC3)c3ccc(Cl)cc3)CC2)N=CC=C(C(F)(F)F)CC1. The molecule has 1 amide bonds. The average Bonchev–Trinajstić information content (AvgIpc) is 3.59. The third-order valence-electron chi connectivity index (χ3n) is 6.67. The van der Waals surface area contributed by atoms with Crippen molar-refractivity contribution in [3.8, 4) is 0 Å². The van der Waals surface area contributed by atoms with Crippen molar-refractivity contribution < 1.29 is 18.0 Å². The number of likely N-dealkylation sites (tertiary alicyclic amines) is 1. The molecule has 1 saturated carbocycles. The number of piperidine rings is 1. The van der Waals surface area contributed by atoms with Gasteiger partial charge in [-0.05, 0) is 87.3 Å². The normalized spacial score (nSPS) is 20.4. The summed E-state index contributed by atoms with van der Waals surface area (Å²) in [7, 11) is 0. The predicted octanol–water partition coefficient (Wildman–Crippen LogP) is 6.38. The number of hydrogen-bond donors (Lipinski definition) is 0. The van der Waals surface area contributed by atoms with E-state index in [1.54, 1.807) is 0 Å². The molecule has 0 atom stereocenters. The number of nitrogens with zero attached hydrogens (tertiary/aromatic N) is 3. The Morgan fingerprint density at radius 1 is 1.12 bits per heavy atom. The summed E-state index contributed by atoms with van der Waals surface area (Å²) in [6, 6.07) is 7.43. The third-order valence-corrected chi connectivity index (χ3v) is 6.93. The highest BCUT2D eigenvalue weighted by Gasteiger charge is 2.35. The molecule has 1 aliphatic carbocycles. The average molecular weight is 480 g/mol. The van der Waals surface area contributed by atoms with Crippen LogP contribution in [0.25, 0.3) is 0 Å². The van der Waals surface area contributed by atoms with Gasteiger partial charge >= 0.3 is 6.18 Å². The Bertz CT molecular complexity index is 956. The van der Waals surface area contributed by atoms with E-state index in [1.165, 1.54) is 6.21 Å². The molecule has 1 saturated heterocycles. The number of allylic oxidation sites excluding steroid dienone is 3. The molecule has 8 heteroatoms. The van der Waals surface area contributed by atoms with E-state index in [0.717, 1.165) is 42.5 Å². The number of amides is 1. The van der Waals surface area contributed by atoms with Gasteiger partial charge in [0.15, 0.2) is 0 Å². The first kappa shape index (κ1) is 23.9. The van der Waals surface area contributed by atoms with Crippen molar-refractivity contribution in [2.45, 2.75) is 51.6 Å². The maximum atomic E-state index is 13.4. The van der Waals surface area contributed by atoms with Crippen molar-refractivity contribution in [3.63, 3.8) is 0 Å². The number of carbonyl (C=O) groups excluding carboxylic acids is 1. The summed E-state index contributed by atoms with van der Waals surface area (Å²) in [5.41, 5.74) is 1.18. The molecule has 0 N–H and O–H groups in total. The zero-order chi connectivity index (χ0) is 23.6. The highest BCUT2D eigenvalue weighted by Crippen LogP contribution is 2.35. The Balaban J connectivity index is 1.42. The molecular weight excluding hydrogens is 451 g/mol. The molecule has 178 valence electrons. The lowest BCUT2D eigenvalue weighted by atomic mass is 9.94. The minimum Gasteiger partial charge on any atom is -0.357 e. The first-order valence-electron chi connectivity index (χ1n) is 11.5. The van der Waals surface area contributed by atoms with Crippen molar-refractivity contribution in [3.05, 3.63) is 52.3 Å². The van der Waals surface area contributed by atoms with Gasteiger partial charge in [-0.2, -0.15) is 13.2 Å². The summed E-state index contributed by atoms with van der Waals surface area (Å²) < 4.78 is 39.1. The molecule has 2 aliphatic heterocycles. The molecule has 2 heterocycles. The number of alkyl halides is 3.